The molecule has 4 rings (SSSR count). The lowest BCUT2D eigenvalue weighted by atomic mass is 9.89. The lowest BCUT2D eigenvalue weighted by Gasteiger charge is -2.34. The first-order valence-corrected chi connectivity index (χ1v) is 12.8. The second-order valence-corrected chi connectivity index (χ2v) is 11.3. The molecule has 2 atom stereocenters. The number of nitrogens with zero attached hydrogens (tertiary/aromatic N) is 1. The maximum Gasteiger partial charge on any atom is 0.430 e. The fraction of sp³-hybridized carbons (Fsp3) is 0.480. The molecule has 2 unspecified atom stereocenters. The molecular weight excluding hydrogens is 527 g/mol. The number of carbonyl (C=O) groups excluding carboxylic acids is 1. The van der Waals surface area contributed by atoms with Crippen molar-refractivity contribution < 1.29 is 44.8 Å². The summed E-state index contributed by atoms with van der Waals surface area (Å²) < 4.78 is 106. The van der Waals surface area contributed by atoms with Gasteiger partial charge in [-0.1, -0.05) is 37.1 Å². The van der Waals surface area contributed by atoms with Gasteiger partial charge in [-0.25, -0.2) is 4.39 Å². The summed E-state index contributed by atoms with van der Waals surface area (Å²) in [5.74, 6) is -0.899. The summed E-state index contributed by atoms with van der Waals surface area (Å²) in [6.07, 6.45) is -8.73. The molecule has 1 N–H and O–H groups in total. The Morgan fingerprint density at radius 3 is 1.97 bits per heavy atom. The van der Waals surface area contributed by atoms with Crippen LogP contribution in [0.5, 0.6) is 0 Å². The van der Waals surface area contributed by atoms with E-state index in [1.807, 2.05) is 0 Å². The second kappa shape index (κ2) is 9.68. The average molecular weight is 552 g/mol. The van der Waals surface area contributed by atoms with E-state index in [-0.39, 0.29) is 41.8 Å². The van der Waals surface area contributed by atoms with E-state index >= 15 is 0 Å². The van der Waals surface area contributed by atoms with Crippen molar-refractivity contribution in [3.05, 3.63) is 65.5 Å². The minimum absolute atomic E-state index is 0.0749. The third-order valence-electron chi connectivity index (χ3n) is 7.28. The van der Waals surface area contributed by atoms with Crippen molar-refractivity contribution in [2.75, 3.05) is 13.1 Å². The third kappa shape index (κ3) is 4.78. The maximum absolute atomic E-state index is 13.8. The molecule has 2 fully saturated rings. The number of hydrogen-bond acceptors (Lipinski definition) is 3. The average Bonchev–Trinajstić information content (AvgIpc) is 3.53. The molecule has 0 spiro atoms. The van der Waals surface area contributed by atoms with E-state index in [1.54, 1.807) is 0 Å². The lowest BCUT2D eigenvalue weighted by Crippen LogP contribution is -2.53. The second-order valence-electron chi connectivity index (χ2n) is 9.49. The van der Waals surface area contributed by atoms with E-state index in [2.05, 4.69) is 0 Å². The van der Waals surface area contributed by atoms with Crippen molar-refractivity contribution in [3.8, 4) is 0 Å². The Morgan fingerprint density at radius 1 is 0.919 bits per heavy atom. The van der Waals surface area contributed by atoms with Gasteiger partial charge in [-0.15, -0.1) is 0 Å². The van der Waals surface area contributed by atoms with Crippen LogP contribution >= 0.6 is 0 Å². The number of rotatable bonds is 5. The molecule has 2 aromatic rings. The van der Waals surface area contributed by atoms with Crippen molar-refractivity contribution in [2.24, 2.45) is 5.92 Å². The van der Waals surface area contributed by atoms with Crippen LogP contribution in [0.3, 0.4) is 0 Å². The van der Waals surface area contributed by atoms with Gasteiger partial charge < -0.3 is 10.0 Å². The first-order valence-electron chi connectivity index (χ1n) is 11.6. The van der Waals surface area contributed by atoms with Crippen molar-refractivity contribution in [2.45, 2.75) is 59.7 Å². The molecule has 2 aliphatic rings. The summed E-state index contributed by atoms with van der Waals surface area (Å²) in [4.78, 5) is 14.8. The molecule has 1 heterocycles. The molecule has 0 aromatic heterocycles. The Labute approximate surface area is 210 Å². The first kappa shape index (κ1) is 27.6. The summed E-state index contributed by atoms with van der Waals surface area (Å²) in [5, 5.41) is 9.73. The first-order chi connectivity index (χ1) is 17.2. The van der Waals surface area contributed by atoms with Gasteiger partial charge in [-0.2, -0.15) is 26.3 Å². The van der Waals surface area contributed by atoms with Gasteiger partial charge in [0.1, 0.15) is 5.82 Å². The van der Waals surface area contributed by atoms with E-state index in [0.717, 1.165) is 37.1 Å². The van der Waals surface area contributed by atoms with Gasteiger partial charge in [0.25, 0.3) is 5.60 Å². The van der Waals surface area contributed by atoms with Gasteiger partial charge in [0.2, 0.25) is 5.91 Å². The van der Waals surface area contributed by atoms with Crippen LogP contribution in [-0.2, 0) is 25.9 Å². The normalized spacial score (nSPS) is 22.4. The Morgan fingerprint density at radius 2 is 1.46 bits per heavy atom. The molecular formula is C25H24F7NO3S. The molecule has 12 heteroatoms. The zero-order valence-corrected chi connectivity index (χ0v) is 20.2. The number of likely N-dealkylation sites (tertiary alicyclic amines) is 1. The summed E-state index contributed by atoms with van der Waals surface area (Å²) in [5.41, 5.74) is -6.38. The number of halogens is 7. The largest absolute Gasteiger partial charge is 0.430 e. The fourth-order valence-corrected chi connectivity index (χ4v) is 6.92. The Balaban J connectivity index is 1.75. The molecule has 1 saturated carbocycles. The van der Waals surface area contributed by atoms with Crippen LogP contribution in [0.1, 0.15) is 43.2 Å². The molecule has 1 aliphatic carbocycles. The highest BCUT2D eigenvalue weighted by Crippen LogP contribution is 2.51. The van der Waals surface area contributed by atoms with Crippen LogP contribution < -0.4 is 0 Å². The standard InChI is InChI=1S/C25H24F7NO3S/c26-19-9-11-20(12-10-19)37(36)22(13-14-33(15-22)21(34)16-3-1-2-4-16)17-5-7-18(8-6-17)23(35,24(27,28)29)25(30,31)32/h5-12,16,35H,1-4,13-15H2. The number of alkyl halides is 6. The van der Waals surface area contributed by atoms with E-state index in [1.165, 1.54) is 17.0 Å². The van der Waals surface area contributed by atoms with Crippen molar-refractivity contribution in [3.63, 3.8) is 0 Å². The minimum Gasteiger partial charge on any atom is -0.369 e. The molecule has 1 saturated heterocycles. The van der Waals surface area contributed by atoms with E-state index in [4.69, 9.17) is 0 Å². The van der Waals surface area contributed by atoms with Crippen LogP contribution in [0.2, 0.25) is 0 Å². The third-order valence-corrected chi connectivity index (χ3v) is 9.26. The highest BCUT2D eigenvalue weighted by Gasteiger charge is 2.71. The Kier molecular flexibility index (Phi) is 7.21. The zero-order valence-electron chi connectivity index (χ0n) is 19.4. The quantitative estimate of drug-likeness (QED) is 0.495. The topological polar surface area (TPSA) is 57.6 Å². The summed E-state index contributed by atoms with van der Waals surface area (Å²) in [6.45, 7) is 0.119. The van der Waals surface area contributed by atoms with Gasteiger partial charge in [0.15, 0.2) is 0 Å². The molecule has 2 aromatic carbocycles. The molecule has 0 radical (unpaired) electrons. The van der Waals surface area contributed by atoms with E-state index in [9.17, 15) is 44.8 Å². The van der Waals surface area contributed by atoms with Crippen molar-refractivity contribution in [1.29, 1.82) is 0 Å². The molecule has 37 heavy (non-hydrogen) atoms. The van der Waals surface area contributed by atoms with Gasteiger partial charge >= 0.3 is 12.4 Å². The SMILES string of the molecule is O=C(C1CCCC1)N1CCC(c2ccc(C(O)(C(F)(F)F)C(F)(F)F)cc2)(S(=O)c2ccc(F)cc2)C1. The van der Waals surface area contributed by atoms with Gasteiger partial charge in [0, 0.05) is 29.5 Å². The summed E-state index contributed by atoms with van der Waals surface area (Å²) in [7, 11) is -1.94. The van der Waals surface area contributed by atoms with Crippen LogP contribution in [-0.4, -0.2) is 45.6 Å². The van der Waals surface area contributed by atoms with Gasteiger partial charge in [-0.3, -0.25) is 9.00 Å². The highest BCUT2D eigenvalue weighted by atomic mass is 32.2. The fourth-order valence-electron chi connectivity index (χ4n) is 5.18. The van der Waals surface area contributed by atoms with E-state index < -0.39 is 44.9 Å². The minimum atomic E-state index is -6.04. The smallest absolute Gasteiger partial charge is 0.369 e. The molecule has 202 valence electrons. The van der Waals surface area contributed by atoms with Crippen molar-refractivity contribution in [1.82, 2.24) is 4.90 Å². The summed E-state index contributed by atoms with van der Waals surface area (Å²) >= 11 is 0. The Bertz CT molecular complexity index is 1140. The zero-order chi connectivity index (χ0) is 27.2. The maximum atomic E-state index is 13.8. The molecule has 1 amide bonds. The van der Waals surface area contributed by atoms with E-state index in [0.29, 0.717) is 25.0 Å². The Hall–Kier alpha value is -2.47. The predicted octanol–water partition coefficient (Wildman–Crippen LogP) is 5.56. The monoisotopic (exact) mass is 551 g/mol. The number of carbonyl (C=O) groups is 1. The van der Waals surface area contributed by atoms with Crippen LogP contribution in [0.25, 0.3) is 0 Å². The highest BCUT2D eigenvalue weighted by molar-refractivity contribution is 7.86. The van der Waals surface area contributed by atoms with Crippen LogP contribution in [0, 0.1) is 11.7 Å². The number of hydrogen-bond donors (Lipinski definition) is 1. The predicted molar refractivity (Wildman–Crippen MR) is 120 cm³/mol. The van der Waals surface area contributed by atoms with Gasteiger partial charge in [-0.05, 0) is 49.1 Å². The molecule has 4 nitrogen and oxygen atoms in total. The van der Waals surface area contributed by atoms with Gasteiger partial charge in [0.05, 0.1) is 15.5 Å². The lowest BCUT2D eigenvalue weighted by molar-refractivity contribution is -0.376. The summed E-state index contributed by atoms with van der Waals surface area (Å²) in [6, 6.07) is 7.73. The number of amides is 1. The number of aliphatic hydroxyl groups is 1. The van der Waals surface area contributed by atoms with Crippen molar-refractivity contribution >= 4 is 16.7 Å². The molecule has 0 bridgehead atoms. The molecule has 1 aliphatic heterocycles. The van der Waals surface area contributed by atoms with Crippen LogP contribution in [0.15, 0.2) is 53.4 Å². The van der Waals surface area contributed by atoms with Crippen LogP contribution in [0.4, 0.5) is 30.7 Å². The number of benzene rings is 2.